The molecular formula is C13H17BrFNS. The van der Waals surface area contributed by atoms with Crippen molar-refractivity contribution in [3.63, 3.8) is 0 Å². The molecule has 0 spiro atoms. The van der Waals surface area contributed by atoms with Gasteiger partial charge < -0.3 is 5.32 Å². The summed E-state index contributed by atoms with van der Waals surface area (Å²) >= 11 is 5.30. The Morgan fingerprint density at radius 1 is 1.59 bits per heavy atom. The van der Waals surface area contributed by atoms with Crippen molar-refractivity contribution in [2.24, 2.45) is 0 Å². The van der Waals surface area contributed by atoms with Gasteiger partial charge in [-0.15, -0.1) is 0 Å². The summed E-state index contributed by atoms with van der Waals surface area (Å²) in [6.07, 6.45) is 2.60. The molecule has 1 saturated heterocycles. The second-order valence-corrected chi connectivity index (χ2v) is 6.75. The van der Waals surface area contributed by atoms with Gasteiger partial charge >= 0.3 is 0 Å². The van der Waals surface area contributed by atoms with Crippen LogP contribution >= 0.6 is 27.7 Å². The molecule has 0 bridgehead atoms. The third-order valence-electron chi connectivity index (χ3n) is 3.10. The first-order valence-corrected chi connectivity index (χ1v) is 7.81. The van der Waals surface area contributed by atoms with E-state index in [0.717, 1.165) is 16.6 Å². The molecule has 94 valence electrons. The van der Waals surface area contributed by atoms with Gasteiger partial charge in [0.1, 0.15) is 5.82 Å². The van der Waals surface area contributed by atoms with Gasteiger partial charge in [0.25, 0.3) is 0 Å². The SMILES string of the molecule is CC(NCC1CCCS1)c1ccc(Br)cc1F. The maximum Gasteiger partial charge on any atom is 0.129 e. The lowest BCUT2D eigenvalue weighted by Gasteiger charge is -2.17. The predicted octanol–water partition coefficient (Wildman–Crippen LogP) is 4.13. The van der Waals surface area contributed by atoms with Crippen LogP contribution in [0.5, 0.6) is 0 Å². The first-order valence-electron chi connectivity index (χ1n) is 5.97. The standard InChI is InChI=1S/C13H17BrFNS/c1-9(16-8-11-3-2-6-17-11)12-5-4-10(14)7-13(12)15/h4-5,7,9,11,16H,2-3,6,8H2,1H3. The highest BCUT2D eigenvalue weighted by atomic mass is 79.9. The molecule has 0 saturated carbocycles. The number of hydrogen-bond acceptors (Lipinski definition) is 2. The lowest BCUT2D eigenvalue weighted by molar-refractivity contribution is 0.522. The fourth-order valence-corrected chi connectivity index (χ4v) is 3.62. The van der Waals surface area contributed by atoms with E-state index in [4.69, 9.17) is 0 Å². The van der Waals surface area contributed by atoms with Crippen LogP contribution in [0.3, 0.4) is 0 Å². The third-order valence-corrected chi connectivity index (χ3v) is 5.00. The summed E-state index contributed by atoms with van der Waals surface area (Å²) in [5.74, 6) is 1.13. The zero-order chi connectivity index (χ0) is 12.3. The molecule has 1 aliphatic heterocycles. The predicted molar refractivity (Wildman–Crippen MR) is 76.0 cm³/mol. The van der Waals surface area contributed by atoms with E-state index in [1.807, 2.05) is 30.8 Å². The minimum atomic E-state index is -0.140. The summed E-state index contributed by atoms with van der Waals surface area (Å²) in [6.45, 7) is 2.99. The molecule has 1 aromatic rings. The fraction of sp³-hybridized carbons (Fsp3) is 0.538. The van der Waals surface area contributed by atoms with Crippen LogP contribution < -0.4 is 5.32 Å². The number of benzene rings is 1. The highest BCUT2D eigenvalue weighted by molar-refractivity contribution is 9.10. The van der Waals surface area contributed by atoms with Gasteiger partial charge in [-0.25, -0.2) is 4.39 Å². The van der Waals surface area contributed by atoms with Gasteiger partial charge in [-0.2, -0.15) is 11.8 Å². The van der Waals surface area contributed by atoms with Crippen LogP contribution in [0.25, 0.3) is 0 Å². The quantitative estimate of drug-likeness (QED) is 0.896. The van der Waals surface area contributed by atoms with E-state index in [9.17, 15) is 4.39 Å². The minimum Gasteiger partial charge on any atom is -0.309 e. The van der Waals surface area contributed by atoms with Crippen LogP contribution in [0.2, 0.25) is 0 Å². The van der Waals surface area contributed by atoms with Crippen molar-refractivity contribution in [2.75, 3.05) is 12.3 Å². The van der Waals surface area contributed by atoms with Gasteiger partial charge in [0, 0.05) is 27.9 Å². The number of thioether (sulfide) groups is 1. The zero-order valence-corrected chi connectivity index (χ0v) is 12.3. The van der Waals surface area contributed by atoms with Crippen LogP contribution in [0, 0.1) is 5.82 Å². The van der Waals surface area contributed by atoms with Gasteiger partial charge in [0.15, 0.2) is 0 Å². The largest absolute Gasteiger partial charge is 0.309 e. The van der Waals surface area contributed by atoms with E-state index in [1.165, 1.54) is 24.7 Å². The number of halogens is 2. The molecule has 1 heterocycles. The first kappa shape index (κ1) is 13.4. The molecule has 17 heavy (non-hydrogen) atoms. The average molecular weight is 318 g/mol. The Kier molecular flexibility index (Phi) is 4.88. The smallest absolute Gasteiger partial charge is 0.129 e. The van der Waals surface area contributed by atoms with Crippen LogP contribution in [0.4, 0.5) is 4.39 Å². The van der Waals surface area contributed by atoms with Crippen molar-refractivity contribution in [3.05, 3.63) is 34.1 Å². The fourth-order valence-electron chi connectivity index (χ4n) is 2.08. The molecule has 1 fully saturated rings. The summed E-state index contributed by atoms with van der Waals surface area (Å²) in [5, 5.41) is 4.13. The molecule has 0 aliphatic carbocycles. The number of hydrogen-bond donors (Lipinski definition) is 1. The summed E-state index contributed by atoms with van der Waals surface area (Å²) < 4.78 is 14.5. The molecule has 0 radical (unpaired) electrons. The molecular weight excluding hydrogens is 301 g/mol. The zero-order valence-electron chi connectivity index (χ0n) is 9.88. The lowest BCUT2D eigenvalue weighted by Crippen LogP contribution is -2.26. The van der Waals surface area contributed by atoms with E-state index in [2.05, 4.69) is 21.2 Å². The van der Waals surface area contributed by atoms with Crippen molar-refractivity contribution in [3.8, 4) is 0 Å². The van der Waals surface area contributed by atoms with Crippen molar-refractivity contribution in [2.45, 2.75) is 31.1 Å². The van der Waals surface area contributed by atoms with Crippen molar-refractivity contribution >= 4 is 27.7 Å². The van der Waals surface area contributed by atoms with Gasteiger partial charge in [-0.1, -0.05) is 22.0 Å². The molecule has 1 nitrogen and oxygen atoms in total. The number of nitrogens with one attached hydrogen (secondary N) is 1. The first-order chi connectivity index (χ1) is 8.16. The molecule has 2 atom stereocenters. The second-order valence-electron chi connectivity index (χ2n) is 4.43. The molecule has 4 heteroatoms. The summed E-state index contributed by atoms with van der Waals surface area (Å²) in [5.41, 5.74) is 0.746. The molecule has 1 aromatic carbocycles. The van der Waals surface area contributed by atoms with E-state index in [0.29, 0.717) is 5.25 Å². The minimum absolute atomic E-state index is 0.0734. The molecule has 2 unspecified atom stereocenters. The van der Waals surface area contributed by atoms with E-state index in [-0.39, 0.29) is 11.9 Å². The lowest BCUT2D eigenvalue weighted by atomic mass is 10.1. The summed E-state index contributed by atoms with van der Waals surface area (Å²) in [6, 6.07) is 5.33. The van der Waals surface area contributed by atoms with Crippen molar-refractivity contribution in [1.29, 1.82) is 0 Å². The normalized spacial score (nSPS) is 21.7. The maximum absolute atomic E-state index is 13.7. The monoisotopic (exact) mass is 317 g/mol. The molecule has 2 rings (SSSR count). The van der Waals surface area contributed by atoms with Gasteiger partial charge in [0.05, 0.1) is 0 Å². The van der Waals surface area contributed by atoms with Crippen LogP contribution in [0.1, 0.15) is 31.4 Å². The second kappa shape index (κ2) is 6.21. The van der Waals surface area contributed by atoms with Gasteiger partial charge in [-0.05, 0) is 37.7 Å². The Morgan fingerprint density at radius 3 is 3.06 bits per heavy atom. The Hall–Kier alpha value is -0.0600. The Morgan fingerprint density at radius 2 is 2.41 bits per heavy atom. The molecule has 0 amide bonds. The van der Waals surface area contributed by atoms with Crippen molar-refractivity contribution in [1.82, 2.24) is 5.32 Å². The average Bonchev–Trinajstić information content (AvgIpc) is 2.78. The van der Waals surface area contributed by atoms with E-state index in [1.54, 1.807) is 0 Å². The highest BCUT2D eigenvalue weighted by Crippen LogP contribution is 2.26. The van der Waals surface area contributed by atoms with Crippen LogP contribution in [0.15, 0.2) is 22.7 Å². The summed E-state index contributed by atoms with van der Waals surface area (Å²) in [4.78, 5) is 0. The Labute approximate surface area is 115 Å². The Bertz CT molecular complexity index is 380. The molecule has 0 aromatic heterocycles. The topological polar surface area (TPSA) is 12.0 Å². The van der Waals surface area contributed by atoms with Crippen LogP contribution in [-0.2, 0) is 0 Å². The van der Waals surface area contributed by atoms with Gasteiger partial charge in [-0.3, -0.25) is 0 Å². The van der Waals surface area contributed by atoms with E-state index < -0.39 is 0 Å². The number of rotatable bonds is 4. The molecule has 1 N–H and O–H groups in total. The van der Waals surface area contributed by atoms with Gasteiger partial charge in [0.2, 0.25) is 0 Å². The highest BCUT2D eigenvalue weighted by Gasteiger charge is 2.17. The summed E-state index contributed by atoms with van der Waals surface area (Å²) in [7, 11) is 0. The van der Waals surface area contributed by atoms with Crippen LogP contribution in [-0.4, -0.2) is 17.5 Å². The van der Waals surface area contributed by atoms with Crippen molar-refractivity contribution < 1.29 is 4.39 Å². The third kappa shape index (κ3) is 3.70. The maximum atomic E-state index is 13.7. The molecule has 1 aliphatic rings. The van der Waals surface area contributed by atoms with E-state index >= 15 is 0 Å². The Balaban J connectivity index is 1.91.